The molecule has 0 spiro atoms. The van der Waals surface area contributed by atoms with Crippen LogP contribution in [0, 0.1) is 0 Å². The van der Waals surface area contributed by atoms with E-state index in [1.807, 2.05) is 91.0 Å². The van der Waals surface area contributed by atoms with E-state index in [1.165, 1.54) is 0 Å². The fourth-order valence-corrected chi connectivity index (χ4v) is 4.00. The number of nitrogens with one attached hydrogen (secondary N) is 1. The lowest BCUT2D eigenvalue weighted by Crippen LogP contribution is -2.33. The number of hydrogen-bond acceptors (Lipinski definition) is 3. The van der Waals surface area contributed by atoms with Gasteiger partial charge in [0.05, 0.1) is 19.1 Å². The van der Waals surface area contributed by atoms with Gasteiger partial charge in [-0.05, 0) is 47.7 Å². The van der Waals surface area contributed by atoms with Crippen molar-refractivity contribution in [2.24, 2.45) is 0 Å². The second-order valence-corrected chi connectivity index (χ2v) is 8.44. The summed E-state index contributed by atoms with van der Waals surface area (Å²) in [5.41, 5.74) is 3.62. The minimum atomic E-state index is -0.118. The predicted octanol–water partition coefficient (Wildman–Crippen LogP) is 4.77. The van der Waals surface area contributed by atoms with E-state index < -0.39 is 0 Å². The summed E-state index contributed by atoms with van der Waals surface area (Å²) in [7, 11) is 0. The van der Waals surface area contributed by atoms with Gasteiger partial charge in [-0.25, -0.2) is 0 Å². The zero-order valence-corrected chi connectivity index (χ0v) is 19.2. The Kier molecular flexibility index (Phi) is 8.25. The maximum absolute atomic E-state index is 13.3. The summed E-state index contributed by atoms with van der Waals surface area (Å²) >= 11 is 0. The lowest BCUT2D eigenvalue weighted by molar-refractivity contribution is -0.121. The molecule has 2 amide bonds. The molecule has 0 aromatic heterocycles. The van der Waals surface area contributed by atoms with E-state index in [2.05, 4.69) is 5.32 Å². The number of carbonyl (C=O) groups excluding carboxylic acids is 2. The summed E-state index contributed by atoms with van der Waals surface area (Å²) in [6.07, 6.45) is 5.83. The van der Waals surface area contributed by atoms with E-state index in [-0.39, 0.29) is 24.3 Å². The van der Waals surface area contributed by atoms with Crippen LogP contribution in [0.4, 0.5) is 5.69 Å². The van der Waals surface area contributed by atoms with E-state index in [4.69, 9.17) is 4.74 Å². The molecule has 1 N–H and O–H groups in total. The van der Waals surface area contributed by atoms with Crippen molar-refractivity contribution in [1.82, 2.24) is 5.32 Å². The van der Waals surface area contributed by atoms with E-state index in [0.29, 0.717) is 13.1 Å². The van der Waals surface area contributed by atoms with Crippen LogP contribution in [0.25, 0.3) is 6.08 Å². The van der Waals surface area contributed by atoms with Crippen molar-refractivity contribution < 1.29 is 14.3 Å². The standard InChI is InChI=1S/C29H30N2O3/c32-28(30-21-27-15-8-18-34-27)20-25-13-7-14-26(19-25)31(22-24-11-5-2-6-12-24)29(33)17-16-23-9-3-1-4-10-23/h1-7,9-14,16-17,19,27H,8,15,18,20-22H2,(H,30,32)/b17-16+/t27-/m1/s1. The van der Waals surface area contributed by atoms with Crippen LogP contribution in [0.5, 0.6) is 0 Å². The lowest BCUT2D eigenvalue weighted by atomic mass is 10.1. The quantitative estimate of drug-likeness (QED) is 0.474. The molecule has 3 aromatic carbocycles. The zero-order chi connectivity index (χ0) is 23.6. The van der Waals surface area contributed by atoms with Gasteiger partial charge in [-0.3, -0.25) is 9.59 Å². The Balaban J connectivity index is 1.49. The Morgan fingerprint density at radius 1 is 0.941 bits per heavy atom. The maximum Gasteiger partial charge on any atom is 0.251 e. The predicted molar refractivity (Wildman–Crippen MR) is 135 cm³/mol. The summed E-state index contributed by atoms with van der Waals surface area (Å²) in [6.45, 7) is 1.75. The van der Waals surface area contributed by atoms with Crippen molar-refractivity contribution >= 4 is 23.6 Å². The first-order valence-corrected chi connectivity index (χ1v) is 11.7. The highest BCUT2D eigenvalue weighted by Crippen LogP contribution is 2.21. The second kappa shape index (κ2) is 12.0. The van der Waals surface area contributed by atoms with Gasteiger partial charge in [0.1, 0.15) is 0 Å². The van der Waals surface area contributed by atoms with Crippen molar-refractivity contribution in [3.05, 3.63) is 108 Å². The van der Waals surface area contributed by atoms with E-state index in [9.17, 15) is 9.59 Å². The topological polar surface area (TPSA) is 58.6 Å². The Labute approximate surface area is 201 Å². The van der Waals surface area contributed by atoms with Crippen LogP contribution in [0.1, 0.15) is 29.5 Å². The largest absolute Gasteiger partial charge is 0.376 e. The minimum absolute atomic E-state index is 0.0439. The summed E-state index contributed by atoms with van der Waals surface area (Å²) in [6, 6.07) is 27.3. The molecule has 3 aromatic rings. The molecule has 1 aliphatic heterocycles. The molecule has 174 valence electrons. The van der Waals surface area contributed by atoms with Gasteiger partial charge in [-0.2, -0.15) is 0 Å². The number of amides is 2. The number of ether oxygens (including phenoxy) is 1. The van der Waals surface area contributed by atoms with Gasteiger partial charge in [0.2, 0.25) is 5.91 Å². The highest BCUT2D eigenvalue weighted by molar-refractivity contribution is 6.03. The smallest absolute Gasteiger partial charge is 0.251 e. The molecular formula is C29H30N2O3. The number of nitrogens with zero attached hydrogens (tertiary/aromatic N) is 1. The normalized spacial score (nSPS) is 15.4. The van der Waals surface area contributed by atoms with Crippen molar-refractivity contribution in [3.63, 3.8) is 0 Å². The fourth-order valence-electron chi connectivity index (χ4n) is 4.00. The van der Waals surface area contributed by atoms with Gasteiger partial charge in [-0.1, -0.05) is 72.8 Å². The summed E-state index contributed by atoms with van der Waals surface area (Å²) in [5, 5.41) is 2.97. The highest BCUT2D eigenvalue weighted by atomic mass is 16.5. The summed E-state index contributed by atoms with van der Waals surface area (Å²) in [4.78, 5) is 27.5. The molecule has 0 aliphatic carbocycles. The molecule has 5 heteroatoms. The highest BCUT2D eigenvalue weighted by Gasteiger charge is 2.17. The van der Waals surface area contributed by atoms with Crippen LogP contribution in [0.2, 0.25) is 0 Å². The van der Waals surface area contributed by atoms with Gasteiger partial charge >= 0.3 is 0 Å². The molecule has 0 radical (unpaired) electrons. The molecule has 4 rings (SSSR count). The molecule has 1 heterocycles. The van der Waals surface area contributed by atoms with Gasteiger partial charge in [0.15, 0.2) is 0 Å². The van der Waals surface area contributed by atoms with Crippen LogP contribution >= 0.6 is 0 Å². The molecule has 1 fully saturated rings. The lowest BCUT2D eigenvalue weighted by Gasteiger charge is -2.22. The van der Waals surface area contributed by atoms with E-state index in [0.717, 1.165) is 41.8 Å². The van der Waals surface area contributed by atoms with Gasteiger partial charge in [0.25, 0.3) is 5.91 Å². The van der Waals surface area contributed by atoms with Gasteiger partial charge < -0.3 is 15.0 Å². The van der Waals surface area contributed by atoms with Crippen LogP contribution in [-0.2, 0) is 27.3 Å². The molecule has 34 heavy (non-hydrogen) atoms. The molecule has 5 nitrogen and oxygen atoms in total. The summed E-state index contributed by atoms with van der Waals surface area (Å²) < 4.78 is 5.58. The third kappa shape index (κ3) is 6.90. The summed E-state index contributed by atoms with van der Waals surface area (Å²) in [5.74, 6) is -0.162. The maximum atomic E-state index is 13.3. The number of carbonyl (C=O) groups is 2. The molecule has 0 saturated carbocycles. The number of anilines is 1. The Morgan fingerprint density at radius 3 is 2.41 bits per heavy atom. The van der Waals surface area contributed by atoms with E-state index in [1.54, 1.807) is 11.0 Å². The first kappa shape index (κ1) is 23.5. The number of benzene rings is 3. The van der Waals surface area contributed by atoms with Gasteiger partial charge in [-0.15, -0.1) is 0 Å². The van der Waals surface area contributed by atoms with Crippen LogP contribution in [0.15, 0.2) is 91.0 Å². The third-order valence-electron chi connectivity index (χ3n) is 5.81. The second-order valence-electron chi connectivity index (χ2n) is 8.44. The fraction of sp³-hybridized carbons (Fsp3) is 0.241. The monoisotopic (exact) mass is 454 g/mol. The van der Waals surface area contributed by atoms with Crippen LogP contribution < -0.4 is 10.2 Å². The SMILES string of the molecule is O=C(Cc1cccc(N(Cc2ccccc2)C(=O)/C=C/c2ccccc2)c1)NC[C@H]1CCCO1. The molecule has 1 saturated heterocycles. The van der Waals surface area contributed by atoms with Crippen molar-refractivity contribution in [3.8, 4) is 0 Å². The Morgan fingerprint density at radius 2 is 1.68 bits per heavy atom. The van der Waals surface area contributed by atoms with Crippen molar-refractivity contribution in [1.29, 1.82) is 0 Å². The Hall–Kier alpha value is -3.70. The molecule has 1 atom stereocenters. The van der Waals surface area contributed by atoms with Crippen molar-refractivity contribution in [2.45, 2.75) is 31.9 Å². The van der Waals surface area contributed by atoms with Gasteiger partial charge in [0, 0.05) is 24.9 Å². The molecule has 0 bridgehead atoms. The minimum Gasteiger partial charge on any atom is -0.376 e. The van der Waals surface area contributed by atoms with Crippen LogP contribution in [-0.4, -0.2) is 31.1 Å². The molecular weight excluding hydrogens is 424 g/mol. The van der Waals surface area contributed by atoms with E-state index >= 15 is 0 Å². The Bertz CT molecular complexity index is 1110. The average Bonchev–Trinajstić information content (AvgIpc) is 3.40. The molecule has 1 aliphatic rings. The van der Waals surface area contributed by atoms with Crippen molar-refractivity contribution in [2.75, 3.05) is 18.1 Å². The molecule has 0 unspecified atom stereocenters. The number of hydrogen-bond donors (Lipinski definition) is 1. The average molecular weight is 455 g/mol. The first-order chi connectivity index (χ1) is 16.7. The zero-order valence-electron chi connectivity index (χ0n) is 19.2. The third-order valence-corrected chi connectivity index (χ3v) is 5.81. The van der Waals surface area contributed by atoms with Crippen LogP contribution in [0.3, 0.4) is 0 Å². The first-order valence-electron chi connectivity index (χ1n) is 11.7. The number of rotatable bonds is 9.